The molecule has 1 rings (SSSR count). The molecule has 0 fully saturated rings. The van der Waals surface area contributed by atoms with E-state index in [1.807, 2.05) is 0 Å². The molecule has 14 heavy (non-hydrogen) atoms. The maximum atomic E-state index is 11.3. The molecule has 0 aliphatic heterocycles. The molecule has 0 aliphatic rings. The van der Waals surface area contributed by atoms with Crippen molar-refractivity contribution in [2.24, 2.45) is 0 Å². The number of ether oxygens (including phenoxy) is 1. The third kappa shape index (κ3) is 1.79. The van der Waals surface area contributed by atoms with E-state index in [9.17, 15) is 15.0 Å². The summed E-state index contributed by atoms with van der Waals surface area (Å²) in [6, 6.07) is 2.59. The fourth-order valence-corrected chi connectivity index (χ4v) is 1.15. The van der Waals surface area contributed by atoms with Crippen molar-refractivity contribution in [2.45, 2.75) is 13.8 Å². The second-order valence-corrected chi connectivity index (χ2v) is 2.82. The Bertz CT molecular complexity index is 357. The Morgan fingerprint density at radius 1 is 1.36 bits per heavy atom. The molecule has 0 aliphatic carbocycles. The summed E-state index contributed by atoms with van der Waals surface area (Å²) in [6.07, 6.45) is 0. The predicted molar refractivity (Wildman–Crippen MR) is 50.5 cm³/mol. The van der Waals surface area contributed by atoms with Crippen LogP contribution in [0.25, 0.3) is 0 Å². The van der Waals surface area contributed by atoms with Crippen molar-refractivity contribution >= 4 is 5.97 Å². The van der Waals surface area contributed by atoms with Crippen LogP contribution in [0.2, 0.25) is 0 Å². The molecule has 4 nitrogen and oxygen atoms in total. The van der Waals surface area contributed by atoms with Gasteiger partial charge in [-0.15, -0.1) is 0 Å². The van der Waals surface area contributed by atoms with Crippen molar-refractivity contribution in [3.05, 3.63) is 23.3 Å². The molecule has 1 aromatic carbocycles. The highest BCUT2D eigenvalue weighted by Crippen LogP contribution is 2.28. The van der Waals surface area contributed by atoms with Gasteiger partial charge in [0.25, 0.3) is 0 Å². The number of rotatable bonds is 2. The minimum absolute atomic E-state index is 0.0202. The summed E-state index contributed by atoms with van der Waals surface area (Å²) in [5.41, 5.74) is 0.343. The van der Waals surface area contributed by atoms with E-state index in [2.05, 4.69) is 0 Å². The van der Waals surface area contributed by atoms with E-state index in [0.717, 1.165) is 0 Å². The quantitative estimate of drug-likeness (QED) is 0.556. The lowest BCUT2D eigenvalue weighted by Gasteiger charge is -2.08. The first-order valence-electron chi connectivity index (χ1n) is 4.26. The largest absolute Gasteiger partial charge is 0.508 e. The number of hydrogen-bond acceptors (Lipinski definition) is 4. The van der Waals surface area contributed by atoms with Gasteiger partial charge in [-0.05, 0) is 26.0 Å². The maximum Gasteiger partial charge on any atom is 0.342 e. The molecule has 76 valence electrons. The van der Waals surface area contributed by atoms with E-state index in [1.54, 1.807) is 13.8 Å². The minimum Gasteiger partial charge on any atom is -0.508 e. The zero-order valence-electron chi connectivity index (χ0n) is 8.07. The normalized spacial score (nSPS) is 9.86. The number of hydrogen-bond donors (Lipinski definition) is 2. The topological polar surface area (TPSA) is 66.8 Å². The predicted octanol–water partition coefficient (Wildman–Crippen LogP) is 1.58. The van der Waals surface area contributed by atoms with Crippen LogP contribution in [0.5, 0.6) is 11.5 Å². The standard InChI is InChI=1S/C10H12O4/c1-3-14-10(13)9-6(2)7(11)4-5-8(9)12/h4-5,11-12H,3H2,1-2H3. The third-order valence-electron chi connectivity index (χ3n) is 1.89. The highest BCUT2D eigenvalue weighted by molar-refractivity contribution is 5.94. The molecule has 0 saturated carbocycles. The summed E-state index contributed by atoms with van der Waals surface area (Å²) in [5, 5.41) is 18.7. The van der Waals surface area contributed by atoms with Crippen molar-refractivity contribution in [3.63, 3.8) is 0 Å². The molecule has 0 radical (unpaired) electrons. The van der Waals surface area contributed by atoms with E-state index in [0.29, 0.717) is 5.56 Å². The number of phenols is 2. The minimum atomic E-state index is -0.626. The van der Waals surface area contributed by atoms with E-state index >= 15 is 0 Å². The summed E-state index contributed by atoms with van der Waals surface area (Å²) in [4.78, 5) is 11.3. The van der Waals surface area contributed by atoms with Crippen molar-refractivity contribution in [1.29, 1.82) is 0 Å². The van der Waals surface area contributed by atoms with Crippen LogP contribution in [0.4, 0.5) is 0 Å². The Balaban J connectivity index is 3.18. The van der Waals surface area contributed by atoms with E-state index < -0.39 is 5.97 Å². The number of phenolic OH excluding ortho intramolecular Hbond substituents is 2. The molecular weight excluding hydrogens is 184 g/mol. The van der Waals surface area contributed by atoms with Crippen molar-refractivity contribution < 1.29 is 19.7 Å². The van der Waals surface area contributed by atoms with Crippen molar-refractivity contribution in [2.75, 3.05) is 6.61 Å². The van der Waals surface area contributed by atoms with Crippen LogP contribution in [0.15, 0.2) is 12.1 Å². The summed E-state index contributed by atoms with van der Waals surface area (Å²) < 4.78 is 4.73. The van der Waals surface area contributed by atoms with Gasteiger partial charge in [-0.25, -0.2) is 4.79 Å². The van der Waals surface area contributed by atoms with Crippen molar-refractivity contribution in [1.82, 2.24) is 0 Å². The number of benzene rings is 1. The molecule has 0 heterocycles. The van der Waals surface area contributed by atoms with Gasteiger partial charge in [0.05, 0.1) is 6.61 Å². The molecule has 0 amide bonds. The average molecular weight is 196 g/mol. The summed E-state index contributed by atoms with van der Waals surface area (Å²) in [7, 11) is 0. The molecule has 0 saturated heterocycles. The van der Waals surface area contributed by atoms with Gasteiger partial charge in [0.1, 0.15) is 17.1 Å². The smallest absolute Gasteiger partial charge is 0.342 e. The van der Waals surface area contributed by atoms with Crippen molar-refractivity contribution in [3.8, 4) is 11.5 Å². The zero-order chi connectivity index (χ0) is 10.7. The second kappa shape index (κ2) is 4.00. The fraction of sp³-hybridized carbons (Fsp3) is 0.300. The van der Waals surface area contributed by atoms with Gasteiger partial charge in [0.15, 0.2) is 0 Å². The van der Waals surface area contributed by atoms with Gasteiger partial charge in [-0.1, -0.05) is 0 Å². The van der Waals surface area contributed by atoms with Gasteiger partial charge in [0.2, 0.25) is 0 Å². The molecule has 1 aromatic rings. The van der Waals surface area contributed by atoms with Crippen LogP contribution in [-0.2, 0) is 4.74 Å². The Labute approximate surface area is 81.8 Å². The second-order valence-electron chi connectivity index (χ2n) is 2.82. The summed E-state index contributed by atoms with van der Waals surface area (Å²) in [5.74, 6) is -0.844. The monoisotopic (exact) mass is 196 g/mol. The van der Waals surface area contributed by atoms with Crippen LogP contribution in [0.1, 0.15) is 22.8 Å². The van der Waals surface area contributed by atoms with Gasteiger partial charge in [0, 0.05) is 5.56 Å². The Morgan fingerprint density at radius 3 is 2.50 bits per heavy atom. The molecular formula is C10H12O4. The highest BCUT2D eigenvalue weighted by atomic mass is 16.5. The molecule has 0 aromatic heterocycles. The molecule has 0 atom stereocenters. The van der Waals surface area contributed by atoms with Crippen LogP contribution >= 0.6 is 0 Å². The van der Waals surface area contributed by atoms with Crippen LogP contribution in [0, 0.1) is 6.92 Å². The number of esters is 1. The van der Waals surface area contributed by atoms with Crippen LogP contribution in [0.3, 0.4) is 0 Å². The number of aromatic hydroxyl groups is 2. The third-order valence-corrected chi connectivity index (χ3v) is 1.89. The van der Waals surface area contributed by atoms with Crippen LogP contribution in [-0.4, -0.2) is 22.8 Å². The summed E-state index contributed by atoms with van der Waals surface area (Å²) >= 11 is 0. The maximum absolute atomic E-state index is 11.3. The van der Waals surface area contributed by atoms with E-state index in [4.69, 9.17) is 4.74 Å². The summed E-state index contributed by atoms with van der Waals surface area (Å²) in [6.45, 7) is 3.45. The SMILES string of the molecule is CCOC(=O)c1c(O)ccc(O)c1C. The van der Waals surface area contributed by atoms with E-state index in [1.165, 1.54) is 12.1 Å². The number of carbonyl (C=O) groups excluding carboxylic acids is 1. The Kier molecular flexibility index (Phi) is 2.96. The highest BCUT2D eigenvalue weighted by Gasteiger charge is 2.17. The average Bonchev–Trinajstić information content (AvgIpc) is 2.13. The molecule has 0 spiro atoms. The molecule has 2 N–H and O–H groups in total. The van der Waals surface area contributed by atoms with Gasteiger partial charge >= 0.3 is 5.97 Å². The Hall–Kier alpha value is -1.71. The van der Waals surface area contributed by atoms with Crippen LogP contribution < -0.4 is 0 Å². The van der Waals surface area contributed by atoms with E-state index in [-0.39, 0.29) is 23.7 Å². The lowest BCUT2D eigenvalue weighted by Crippen LogP contribution is -2.07. The first-order chi connectivity index (χ1) is 6.57. The Morgan fingerprint density at radius 2 is 1.93 bits per heavy atom. The van der Waals surface area contributed by atoms with Gasteiger partial charge < -0.3 is 14.9 Å². The first kappa shape index (κ1) is 10.4. The lowest BCUT2D eigenvalue weighted by atomic mass is 10.1. The lowest BCUT2D eigenvalue weighted by molar-refractivity contribution is 0.0521. The first-order valence-corrected chi connectivity index (χ1v) is 4.26. The molecule has 0 bridgehead atoms. The van der Waals surface area contributed by atoms with Gasteiger partial charge in [-0.3, -0.25) is 0 Å². The number of carbonyl (C=O) groups is 1. The zero-order valence-corrected chi connectivity index (χ0v) is 8.07. The molecule has 4 heteroatoms. The molecule has 0 unspecified atom stereocenters. The fourth-order valence-electron chi connectivity index (χ4n) is 1.15. The van der Waals surface area contributed by atoms with Gasteiger partial charge in [-0.2, -0.15) is 0 Å².